The van der Waals surface area contributed by atoms with Gasteiger partial charge in [0.25, 0.3) is 0 Å². The van der Waals surface area contributed by atoms with E-state index in [4.69, 9.17) is 5.73 Å². The average molecular weight is 235 g/mol. The van der Waals surface area contributed by atoms with Gasteiger partial charge >= 0.3 is 0 Å². The summed E-state index contributed by atoms with van der Waals surface area (Å²) in [5.74, 6) is 0. The van der Waals surface area contributed by atoms with Crippen molar-refractivity contribution in [3.8, 4) is 0 Å². The molecule has 0 bridgehead atoms. The Morgan fingerprint density at radius 3 is 2.59 bits per heavy atom. The van der Waals surface area contributed by atoms with Crippen molar-refractivity contribution in [3.05, 3.63) is 29.6 Å². The molecule has 0 saturated heterocycles. The summed E-state index contributed by atoms with van der Waals surface area (Å²) in [5.41, 5.74) is 8.51. The SMILES string of the molecule is CCCN(C(C)C)C(CN)c1cnccc1C. The van der Waals surface area contributed by atoms with E-state index in [2.05, 4.69) is 43.6 Å². The van der Waals surface area contributed by atoms with Crippen LogP contribution in [0.1, 0.15) is 44.4 Å². The number of hydrogen-bond acceptors (Lipinski definition) is 3. The van der Waals surface area contributed by atoms with E-state index < -0.39 is 0 Å². The van der Waals surface area contributed by atoms with Gasteiger partial charge in [-0.3, -0.25) is 9.88 Å². The van der Waals surface area contributed by atoms with Crippen LogP contribution in [-0.4, -0.2) is 29.0 Å². The number of hydrogen-bond donors (Lipinski definition) is 1. The standard InChI is InChI=1S/C14H25N3/c1-5-8-17(11(2)3)14(9-15)13-10-16-7-6-12(13)4/h6-7,10-11,14H,5,8-9,15H2,1-4H3. The molecule has 1 aromatic rings. The van der Waals surface area contributed by atoms with Crippen LogP contribution in [0, 0.1) is 6.92 Å². The molecule has 3 heteroatoms. The lowest BCUT2D eigenvalue weighted by Gasteiger charge is -2.34. The highest BCUT2D eigenvalue weighted by molar-refractivity contribution is 5.25. The van der Waals surface area contributed by atoms with Gasteiger partial charge in [-0.15, -0.1) is 0 Å². The molecule has 0 fully saturated rings. The number of pyridine rings is 1. The monoisotopic (exact) mass is 235 g/mol. The van der Waals surface area contributed by atoms with Gasteiger partial charge in [-0.2, -0.15) is 0 Å². The first-order valence-corrected chi connectivity index (χ1v) is 6.48. The third-order valence-electron chi connectivity index (χ3n) is 3.21. The largest absolute Gasteiger partial charge is 0.329 e. The van der Waals surface area contributed by atoms with Gasteiger partial charge in [0.2, 0.25) is 0 Å². The highest BCUT2D eigenvalue weighted by Crippen LogP contribution is 2.24. The van der Waals surface area contributed by atoms with Gasteiger partial charge in [0.15, 0.2) is 0 Å². The van der Waals surface area contributed by atoms with Crippen LogP contribution in [0.3, 0.4) is 0 Å². The van der Waals surface area contributed by atoms with E-state index in [-0.39, 0.29) is 6.04 Å². The zero-order chi connectivity index (χ0) is 12.8. The fraction of sp³-hybridized carbons (Fsp3) is 0.643. The molecule has 0 aliphatic rings. The maximum Gasteiger partial charge on any atom is 0.0491 e. The lowest BCUT2D eigenvalue weighted by atomic mass is 10.0. The summed E-state index contributed by atoms with van der Waals surface area (Å²) in [6, 6.07) is 2.84. The second-order valence-electron chi connectivity index (χ2n) is 4.82. The first kappa shape index (κ1) is 14.1. The van der Waals surface area contributed by atoms with Gasteiger partial charge < -0.3 is 5.73 Å². The lowest BCUT2D eigenvalue weighted by molar-refractivity contribution is 0.156. The van der Waals surface area contributed by atoms with Crippen LogP contribution in [0.25, 0.3) is 0 Å². The van der Waals surface area contributed by atoms with Crippen molar-refractivity contribution in [2.45, 2.75) is 46.2 Å². The molecule has 17 heavy (non-hydrogen) atoms. The van der Waals surface area contributed by atoms with Gasteiger partial charge in [0.1, 0.15) is 0 Å². The summed E-state index contributed by atoms with van der Waals surface area (Å²) in [6.45, 7) is 10.5. The third-order valence-corrected chi connectivity index (χ3v) is 3.21. The highest BCUT2D eigenvalue weighted by atomic mass is 15.2. The molecular formula is C14H25N3. The van der Waals surface area contributed by atoms with Crippen LogP contribution in [0.15, 0.2) is 18.5 Å². The van der Waals surface area contributed by atoms with Gasteiger partial charge in [-0.25, -0.2) is 0 Å². The topological polar surface area (TPSA) is 42.1 Å². The first-order valence-electron chi connectivity index (χ1n) is 6.48. The Balaban J connectivity index is 3.00. The summed E-state index contributed by atoms with van der Waals surface area (Å²) in [7, 11) is 0. The summed E-state index contributed by atoms with van der Waals surface area (Å²) in [6.07, 6.45) is 4.94. The predicted molar refractivity (Wildman–Crippen MR) is 72.9 cm³/mol. The highest BCUT2D eigenvalue weighted by Gasteiger charge is 2.22. The third kappa shape index (κ3) is 3.51. The van der Waals surface area contributed by atoms with E-state index in [1.54, 1.807) is 0 Å². The second kappa shape index (κ2) is 6.72. The first-order chi connectivity index (χ1) is 8.11. The molecule has 1 unspecified atom stereocenters. The van der Waals surface area contributed by atoms with Crippen LogP contribution in [0.5, 0.6) is 0 Å². The van der Waals surface area contributed by atoms with Crippen LogP contribution in [0.2, 0.25) is 0 Å². The van der Waals surface area contributed by atoms with Gasteiger partial charge in [0.05, 0.1) is 0 Å². The lowest BCUT2D eigenvalue weighted by Crippen LogP contribution is -2.39. The molecule has 0 aliphatic heterocycles. The minimum Gasteiger partial charge on any atom is -0.329 e. The minimum absolute atomic E-state index is 0.281. The summed E-state index contributed by atoms with van der Waals surface area (Å²) in [4.78, 5) is 6.70. The summed E-state index contributed by atoms with van der Waals surface area (Å²) < 4.78 is 0. The summed E-state index contributed by atoms with van der Waals surface area (Å²) >= 11 is 0. The fourth-order valence-electron chi connectivity index (χ4n) is 2.30. The maximum atomic E-state index is 5.97. The molecule has 0 spiro atoms. The van der Waals surface area contributed by atoms with E-state index in [0.717, 1.165) is 13.0 Å². The molecule has 2 N–H and O–H groups in total. The van der Waals surface area contributed by atoms with Crippen LogP contribution >= 0.6 is 0 Å². The summed E-state index contributed by atoms with van der Waals surface area (Å²) in [5, 5.41) is 0. The number of aromatic nitrogens is 1. The fourth-order valence-corrected chi connectivity index (χ4v) is 2.30. The number of nitrogens with two attached hydrogens (primary N) is 1. The van der Waals surface area contributed by atoms with Gasteiger partial charge in [0, 0.05) is 31.0 Å². The number of nitrogens with zero attached hydrogens (tertiary/aromatic N) is 2. The van der Waals surface area contributed by atoms with Crippen molar-refractivity contribution in [2.24, 2.45) is 5.73 Å². The van der Waals surface area contributed by atoms with Crippen molar-refractivity contribution in [2.75, 3.05) is 13.1 Å². The molecule has 0 saturated carbocycles. The average Bonchev–Trinajstić information content (AvgIpc) is 2.31. The Hall–Kier alpha value is -0.930. The number of rotatable bonds is 6. The van der Waals surface area contributed by atoms with Crippen LogP contribution in [0.4, 0.5) is 0 Å². The molecule has 1 aromatic heterocycles. The molecule has 96 valence electrons. The molecule has 0 aliphatic carbocycles. The predicted octanol–water partition coefficient (Wildman–Crippen LogP) is 2.51. The molecule has 1 rings (SSSR count). The van der Waals surface area contributed by atoms with Gasteiger partial charge in [-0.1, -0.05) is 6.92 Å². The van der Waals surface area contributed by atoms with E-state index >= 15 is 0 Å². The molecule has 1 heterocycles. The van der Waals surface area contributed by atoms with Crippen molar-refractivity contribution in [1.82, 2.24) is 9.88 Å². The molecule has 3 nitrogen and oxygen atoms in total. The van der Waals surface area contributed by atoms with E-state index in [0.29, 0.717) is 12.6 Å². The van der Waals surface area contributed by atoms with Crippen molar-refractivity contribution in [1.29, 1.82) is 0 Å². The van der Waals surface area contributed by atoms with E-state index in [1.165, 1.54) is 11.1 Å². The molecule has 0 aromatic carbocycles. The minimum atomic E-state index is 0.281. The van der Waals surface area contributed by atoms with E-state index in [1.807, 2.05) is 12.4 Å². The zero-order valence-corrected chi connectivity index (χ0v) is 11.5. The smallest absolute Gasteiger partial charge is 0.0491 e. The van der Waals surface area contributed by atoms with Crippen LogP contribution in [-0.2, 0) is 0 Å². The Morgan fingerprint density at radius 1 is 1.41 bits per heavy atom. The number of aryl methyl sites for hydroxylation is 1. The molecule has 1 atom stereocenters. The molecule has 0 amide bonds. The zero-order valence-electron chi connectivity index (χ0n) is 11.5. The Labute approximate surface area is 105 Å². The van der Waals surface area contributed by atoms with Crippen molar-refractivity contribution in [3.63, 3.8) is 0 Å². The Kier molecular flexibility index (Phi) is 5.59. The van der Waals surface area contributed by atoms with Gasteiger partial charge in [-0.05, 0) is 50.9 Å². The van der Waals surface area contributed by atoms with Crippen molar-refractivity contribution >= 4 is 0 Å². The van der Waals surface area contributed by atoms with Crippen LogP contribution < -0.4 is 5.73 Å². The normalized spacial score (nSPS) is 13.4. The second-order valence-corrected chi connectivity index (χ2v) is 4.82. The maximum absolute atomic E-state index is 5.97. The Bertz CT molecular complexity index is 336. The molecular weight excluding hydrogens is 210 g/mol. The van der Waals surface area contributed by atoms with Crippen molar-refractivity contribution < 1.29 is 0 Å². The van der Waals surface area contributed by atoms with E-state index in [9.17, 15) is 0 Å². The molecule has 0 radical (unpaired) electrons. The quantitative estimate of drug-likeness (QED) is 0.824. The Morgan fingerprint density at radius 2 is 2.12 bits per heavy atom.